The van der Waals surface area contributed by atoms with Crippen LogP contribution in [0.25, 0.3) is 0 Å². The van der Waals surface area contributed by atoms with E-state index in [0.29, 0.717) is 24.1 Å². The molecule has 2 rings (SSSR count). The number of nitrogens with one attached hydrogen (secondary N) is 1. The molecule has 1 unspecified atom stereocenters. The lowest BCUT2D eigenvalue weighted by Gasteiger charge is -2.32. The summed E-state index contributed by atoms with van der Waals surface area (Å²) >= 11 is 0. The number of carbonyl (C=O) groups is 2. The number of anilines is 1. The van der Waals surface area contributed by atoms with Crippen LogP contribution in [-0.2, 0) is 9.53 Å². The zero-order valence-electron chi connectivity index (χ0n) is 15.9. The summed E-state index contributed by atoms with van der Waals surface area (Å²) in [5.41, 5.74) is 0.321. The first-order chi connectivity index (χ1) is 12.0. The molecule has 0 radical (unpaired) electrons. The summed E-state index contributed by atoms with van der Waals surface area (Å²) < 4.78 is 19.3. The monoisotopic (exact) mass is 366 g/mol. The van der Waals surface area contributed by atoms with Crippen LogP contribution in [0.2, 0.25) is 0 Å². The highest BCUT2D eigenvalue weighted by Crippen LogP contribution is 2.35. The van der Waals surface area contributed by atoms with Crippen LogP contribution in [0.4, 0.5) is 14.9 Å². The minimum Gasteiger partial charge on any atom is -0.444 e. The summed E-state index contributed by atoms with van der Waals surface area (Å²) in [5, 5.41) is 13.5. The fourth-order valence-corrected chi connectivity index (χ4v) is 3.12. The van der Waals surface area contributed by atoms with Crippen molar-refractivity contribution in [3.8, 4) is 0 Å². The standard InChI is InChI=1S/C19H27FN2O4/c1-11-9-13(15(10-14(11)20)21-12(2)23)17(24)16-7-6-8-22(16)18(25)26-19(3,4)5/h9-10,16-17,24H,6-8H2,1-5H3,(H,21,23)/t16-,17?/m0/s1. The maximum Gasteiger partial charge on any atom is 0.410 e. The number of aryl methyl sites for hydroxylation is 1. The fourth-order valence-electron chi connectivity index (χ4n) is 3.12. The number of aliphatic hydroxyl groups excluding tert-OH is 1. The lowest BCUT2D eigenvalue weighted by Crippen LogP contribution is -2.42. The smallest absolute Gasteiger partial charge is 0.410 e. The molecule has 2 atom stereocenters. The van der Waals surface area contributed by atoms with Crippen molar-refractivity contribution in [3.05, 3.63) is 29.1 Å². The summed E-state index contributed by atoms with van der Waals surface area (Å²) in [6.45, 7) is 8.73. The number of amides is 2. The van der Waals surface area contributed by atoms with E-state index in [0.717, 1.165) is 6.42 Å². The predicted molar refractivity (Wildman–Crippen MR) is 96.4 cm³/mol. The van der Waals surface area contributed by atoms with Crippen molar-refractivity contribution < 1.29 is 23.8 Å². The van der Waals surface area contributed by atoms with Crippen molar-refractivity contribution in [2.45, 2.75) is 65.2 Å². The Morgan fingerprint density at radius 3 is 2.62 bits per heavy atom. The maximum absolute atomic E-state index is 13.9. The molecule has 6 nitrogen and oxygen atoms in total. The van der Waals surface area contributed by atoms with Gasteiger partial charge in [-0.15, -0.1) is 0 Å². The van der Waals surface area contributed by atoms with Crippen LogP contribution >= 0.6 is 0 Å². The summed E-state index contributed by atoms with van der Waals surface area (Å²) in [6.07, 6.45) is -0.224. The van der Waals surface area contributed by atoms with Gasteiger partial charge in [0.25, 0.3) is 0 Å². The first-order valence-electron chi connectivity index (χ1n) is 8.75. The van der Waals surface area contributed by atoms with Crippen molar-refractivity contribution in [1.82, 2.24) is 4.90 Å². The lowest BCUT2D eigenvalue weighted by molar-refractivity contribution is -0.114. The summed E-state index contributed by atoms with van der Waals surface area (Å²) in [7, 11) is 0. The average Bonchev–Trinajstić information content (AvgIpc) is 2.97. The van der Waals surface area contributed by atoms with Gasteiger partial charge < -0.3 is 20.1 Å². The fraction of sp³-hybridized carbons (Fsp3) is 0.579. The minimum absolute atomic E-state index is 0.212. The number of likely N-dealkylation sites (tertiary alicyclic amines) is 1. The van der Waals surface area contributed by atoms with Crippen molar-refractivity contribution in [3.63, 3.8) is 0 Å². The molecular formula is C19H27FN2O4. The predicted octanol–water partition coefficient (Wildman–Crippen LogP) is 3.53. The SMILES string of the molecule is CC(=O)Nc1cc(F)c(C)cc1C(O)[C@@H]1CCCN1C(=O)OC(C)(C)C. The van der Waals surface area contributed by atoms with Crippen LogP contribution < -0.4 is 5.32 Å². The van der Waals surface area contributed by atoms with Gasteiger partial charge in [0.2, 0.25) is 5.91 Å². The van der Waals surface area contributed by atoms with Crippen molar-refractivity contribution >= 4 is 17.7 Å². The molecule has 1 saturated heterocycles. The molecule has 1 heterocycles. The highest BCUT2D eigenvalue weighted by molar-refractivity contribution is 5.89. The van der Waals surface area contributed by atoms with Crippen LogP contribution in [-0.4, -0.2) is 40.2 Å². The third-order valence-corrected chi connectivity index (χ3v) is 4.25. The van der Waals surface area contributed by atoms with Gasteiger partial charge in [-0.2, -0.15) is 0 Å². The van der Waals surface area contributed by atoms with Gasteiger partial charge in [0, 0.05) is 24.7 Å². The molecule has 144 valence electrons. The van der Waals surface area contributed by atoms with E-state index in [2.05, 4.69) is 5.32 Å². The van der Waals surface area contributed by atoms with E-state index in [9.17, 15) is 19.1 Å². The zero-order valence-corrected chi connectivity index (χ0v) is 15.9. The summed E-state index contributed by atoms with van der Waals surface area (Å²) in [6, 6.07) is 2.21. The average molecular weight is 366 g/mol. The number of hydrogen-bond donors (Lipinski definition) is 2. The Hall–Kier alpha value is -2.15. The third kappa shape index (κ3) is 4.72. The van der Waals surface area contributed by atoms with Gasteiger partial charge in [0.05, 0.1) is 6.04 Å². The molecule has 1 fully saturated rings. The summed E-state index contributed by atoms with van der Waals surface area (Å²) in [4.78, 5) is 25.4. The van der Waals surface area contributed by atoms with E-state index in [1.54, 1.807) is 27.7 Å². The van der Waals surface area contributed by atoms with Gasteiger partial charge >= 0.3 is 6.09 Å². The Balaban J connectivity index is 2.32. The van der Waals surface area contributed by atoms with Crippen LogP contribution in [0.5, 0.6) is 0 Å². The summed E-state index contributed by atoms with van der Waals surface area (Å²) in [5.74, 6) is -0.836. The normalized spacial score (nSPS) is 18.6. The lowest BCUT2D eigenvalue weighted by atomic mass is 9.96. The molecule has 0 aromatic heterocycles. The number of benzene rings is 1. The van der Waals surface area contributed by atoms with E-state index in [4.69, 9.17) is 4.74 Å². The molecule has 26 heavy (non-hydrogen) atoms. The maximum atomic E-state index is 13.9. The van der Waals surface area contributed by atoms with Gasteiger partial charge in [-0.1, -0.05) is 0 Å². The number of carbonyl (C=O) groups excluding carboxylic acids is 2. The van der Waals surface area contributed by atoms with Crippen LogP contribution in [0.1, 0.15) is 57.8 Å². The second-order valence-electron chi connectivity index (χ2n) is 7.70. The van der Waals surface area contributed by atoms with Crippen LogP contribution in [0.15, 0.2) is 12.1 Å². The number of nitrogens with zero attached hydrogens (tertiary/aromatic N) is 1. The van der Waals surface area contributed by atoms with E-state index < -0.39 is 29.7 Å². The first kappa shape index (κ1) is 20.2. The highest BCUT2D eigenvalue weighted by Gasteiger charge is 2.38. The minimum atomic E-state index is -1.06. The van der Waals surface area contributed by atoms with Gasteiger partial charge in [-0.3, -0.25) is 4.79 Å². The van der Waals surface area contributed by atoms with E-state index in [1.165, 1.54) is 24.0 Å². The number of halogens is 1. The molecule has 0 spiro atoms. The van der Waals surface area contributed by atoms with Crippen molar-refractivity contribution in [2.75, 3.05) is 11.9 Å². The number of ether oxygens (including phenoxy) is 1. The molecule has 7 heteroatoms. The molecular weight excluding hydrogens is 339 g/mol. The quantitative estimate of drug-likeness (QED) is 0.858. The molecule has 1 aromatic carbocycles. The van der Waals surface area contributed by atoms with Gasteiger partial charge in [0.1, 0.15) is 17.5 Å². The number of rotatable bonds is 3. The Morgan fingerprint density at radius 2 is 2.04 bits per heavy atom. The van der Waals surface area contributed by atoms with Gasteiger partial charge in [-0.25, -0.2) is 9.18 Å². The van der Waals surface area contributed by atoms with E-state index in [-0.39, 0.29) is 11.6 Å². The van der Waals surface area contributed by atoms with Crippen molar-refractivity contribution in [2.24, 2.45) is 0 Å². The Bertz CT molecular complexity index is 700. The molecule has 1 aliphatic heterocycles. The molecule has 0 aliphatic carbocycles. The van der Waals surface area contributed by atoms with Gasteiger partial charge in [0.15, 0.2) is 0 Å². The number of aliphatic hydroxyl groups is 1. The largest absolute Gasteiger partial charge is 0.444 e. The molecule has 0 saturated carbocycles. The van der Waals surface area contributed by atoms with Crippen molar-refractivity contribution in [1.29, 1.82) is 0 Å². The highest BCUT2D eigenvalue weighted by atomic mass is 19.1. The van der Waals surface area contributed by atoms with Gasteiger partial charge in [-0.05, 0) is 58.2 Å². The zero-order chi connectivity index (χ0) is 19.6. The molecule has 0 bridgehead atoms. The molecule has 2 N–H and O–H groups in total. The second kappa shape index (κ2) is 7.61. The first-order valence-corrected chi connectivity index (χ1v) is 8.75. The topological polar surface area (TPSA) is 78.9 Å². The Labute approximate surface area is 153 Å². The third-order valence-electron chi connectivity index (χ3n) is 4.25. The second-order valence-corrected chi connectivity index (χ2v) is 7.70. The molecule has 1 aromatic rings. The van der Waals surface area contributed by atoms with Crippen LogP contribution in [0.3, 0.4) is 0 Å². The molecule has 1 aliphatic rings. The number of hydrogen-bond acceptors (Lipinski definition) is 4. The Kier molecular flexibility index (Phi) is 5.91. The van der Waals surface area contributed by atoms with Crippen LogP contribution in [0, 0.1) is 12.7 Å². The van der Waals surface area contributed by atoms with E-state index >= 15 is 0 Å². The van der Waals surface area contributed by atoms with E-state index in [1.807, 2.05) is 0 Å². The molecule has 2 amide bonds. The Morgan fingerprint density at radius 1 is 1.38 bits per heavy atom.